The number of alkyl halides is 2. The molecule has 1 rings (SSSR count). The number of phenolic OH excluding ortho intramolecular Hbond substituents is 2. The summed E-state index contributed by atoms with van der Waals surface area (Å²) in [6.07, 6.45) is -0.229. The highest BCUT2D eigenvalue weighted by atomic mass is 19.3. The Morgan fingerprint density at radius 3 is 2.41 bits per heavy atom. The predicted molar refractivity (Wildman–Crippen MR) is 54.0 cm³/mol. The van der Waals surface area contributed by atoms with Gasteiger partial charge in [-0.3, -0.25) is 4.79 Å². The highest BCUT2D eigenvalue weighted by Gasteiger charge is 2.21. The normalized spacial score (nSPS) is 12.6. The Morgan fingerprint density at radius 2 is 1.94 bits per heavy atom. The second kappa shape index (κ2) is 5.44. The van der Waals surface area contributed by atoms with Gasteiger partial charge in [-0.2, -0.15) is 8.78 Å². The maximum Gasteiger partial charge on any atom is 0.321 e. The van der Waals surface area contributed by atoms with E-state index in [1.54, 1.807) is 5.32 Å². The largest absolute Gasteiger partial charge is 0.504 e. The zero-order chi connectivity index (χ0) is 13.0. The lowest BCUT2D eigenvalue weighted by atomic mass is 10.1. The molecule has 5 nitrogen and oxygen atoms in total. The van der Waals surface area contributed by atoms with Gasteiger partial charge in [0.2, 0.25) is 0 Å². The van der Waals surface area contributed by atoms with Crippen molar-refractivity contribution in [3.05, 3.63) is 23.8 Å². The van der Waals surface area contributed by atoms with Crippen LogP contribution in [0.2, 0.25) is 0 Å². The Hall–Kier alpha value is -1.89. The third kappa shape index (κ3) is 3.87. The van der Waals surface area contributed by atoms with Crippen LogP contribution in [0.5, 0.6) is 11.5 Å². The smallest absolute Gasteiger partial charge is 0.321 e. The number of carboxylic acid groups (broad SMARTS) is 1. The molecule has 0 unspecified atom stereocenters. The number of aliphatic carboxylic acids is 1. The quantitative estimate of drug-likeness (QED) is 0.458. The molecule has 0 saturated heterocycles. The summed E-state index contributed by atoms with van der Waals surface area (Å²) in [7, 11) is 0. The van der Waals surface area contributed by atoms with Gasteiger partial charge in [0, 0.05) is 0 Å². The minimum Gasteiger partial charge on any atom is -0.504 e. The third-order valence-electron chi connectivity index (χ3n) is 2.10. The summed E-state index contributed by atoms with van der Waals surface area (Å²) in [5.41, 5.74) is 0.320. The standard InChI is InChI=1S/C10H11F2NO4/c11-10(12)13-6(9(16)17)3-5-1-2-7(14)8(15)4-5/h1-2,4,6,10,13-15H,3H2,(H,16,17)/t6-/m1/s1. The van der Waals surface area contributed by atoms with E-state index in [1.807, 2.05) is 0 Å². The first kappa shape index (κ1) is 13.2. The number of aromatic hydroxyl groups is 2. The van der Waals surface area contributed by atoms with Crippen molar-refractivity contribution in [1.82, 2.24) is 5.32 Å². The van der Waals surface area contributed by atoms with Gasteiger partial charge in [-0.05, 0) is 24.1 Å². The number of phenols is 2. The second-order valence-electron chi connectivity index (χ2n) is 3.39. The number of carboxylic acids is 1. The van der Waals surface area contributed by atoms with E-state index in [0.29, 0.717) is 5.56 Å². The summed E-state index contributed by atoms with van der Waals surface area (Å²) in [6.45, 7) is -2.94. The summed E-state index contributed by atoms with van der Waals surface area (Å²) in [6, 6.07) is 2.17. The molecule has 4 N–H and O–H groups in total. The topological polar surface area (TPSA) is 89.8 Å². The van der Waals surface area contributed by atoms with Crippen LogP contribution in [0.25, 0.3) is 0 Å². The molecular weight excluding hydrogens is 236 g/mol. The molecule has 1 aromatic rings. The van der Waals surface area contributed by atoms with Crippen LogP contribution in [0.4, 0.5) is 8.78 Å². The number of halogens is 2. The van der Waals surface area contributed by atoms with Gasteiger partial charge in [-0.15, -0.1) is 0 Å². The fourth-order valence-electron chi connectivity index (χ4n) is 1.30. The highest BCUT2D eigenvalue weighted by molar-refractivity contribution is 5.74. The summed E-state index contributed by atoms with van der Waals surface area (Å²) < 4.78 is 24.1. The van der Waals surface area contributed by atoms with Crippen molar-refractivity contribution in [1.29, 1.82) is 0 Å². The van der Waals surface area contributed by atoms with E-state index in [-0.39, 0.29) is 12.2 Å². The van der Waals surface area contributed by atoms with Gasteiger partial charge in [-0.1, -0.05) is 6.07 Å². The van der Waals surface area contributed by atoms with Crippen molar-refractivity contribution in [2.75, 3.05) is 0 Å². The number of rotatable bonds is 5. The first-order chi connectivity index (χ1) is 7.90. The van der Waals surface area contributed by atoms with Crippen molar-refractivity contribution in [2.45, 2.75) is 19.0 Å². The van der Waals surface area contributed by atoms with E-state index < -0.39 is 24.3 Å². The van der Waals surface area contributed by atoms with Gasteiger partial charge >= 0.3 is 5.97 Å². The highest BCUT2D eigenvalue weighted by Crippen LogP contribution is 2.25. The van der Waals surface area contributed by atoms with E-state index in [1.165, 1.54) is 6.07 Å². The van der Waals surface area contributed by atoms with Gasteiger partial charge < -0.3 is 15.3 Å². The molecule has 0 aromatic heterocycles. The van der Waals surface area contributed by atoms with Crippen LogP contribution in [0.15, 0.2) is 18.2 Å². The first-order valence-electron chi connectivity index (χ1n) is 4.68. The van der Waals surface area contributed by atoms with Crippen LogP contribution in [0.1, 0.15) is 5.56 Å². The molecular formula is C10H11F2NO4. The molecule has 0 aliphatic carbocycles. The lowest BCUT2D eigenvalue weighted by Gasteiger charge is -2.14. The van der Waals surface area contributed by atoms with E-state index >= 15 is 0 Å². The monoisotopic (exact) mass is 247 g/mol. The molecule has 94 valence electrons. The molecule has 0 amide bonds. The number of nitrogens with one attached hydrogen (secondary N) is 1. The summed E-state index contributed by atoms with van der Waals surface area (Å²) in [4.78, 5) is 10.7. The van der Waals surface area contributed by atoms with Gasteiger partial charge in [0.25, 0.3) is 6.55 Å². The number of hydrogen-bond donors (Lipinski definition) is 4. The zero-order valence-electron chi connectivity index (χ0n) is 8.60. The van der Waals surface area contributed by atoms with E-state index in [4.69, 9.17) is 15.3 Å². The van der Waals surface area contributed by atoms with Crippen LogP contribution < -0.4 is 5.32 Å². The lowest BCUT2D eigenvalue weighted by Crippen LogP contribution is -2.41. The molecule has 1 aromatic carbocycles. The summed E-state index contributed by atoms with van der Waals surface area (Å²) >= 11 is 0. The molecule has 0 heterocycles. The molecule has 0 aliphatic heterocycles. The minimum absolute atomic E-state index is 0.229. The fourth-order valence-corrected chi connectivity index (χ4v) is 1.30. The van der Waals surface area contributed by atoms with E-state index in [2.05, 4.69) is 0 Å². The fraction of sp³-hybridized carbons (Fsp3) is 0.300. The Balaban J connectivity index is 2.78. The van der Waals surface area contributed by atoms with Gasteiger partial charge in [-0.25, -0.2) is 5.32 Å². The zero-order valence-corrected chi connectivity index (χ0v) is 8.60. The molecule has 0 spiro atoms. The number of hydrogen-bond acceptors (Lipinski definition) is 4. The molecule has 7 heteroatoms. The third-order valence-corrected chi connectivity index (χ3v) is 2.10. The minimum atomic E-state index is -2.94. The van der Waals surface area contributed by atoms with Crippen LogP contribution in [-0.2, 0) is 11.2 Å². The second-order valence-corrected chi connectivity index (χ2v) is 3.39. The SMILES string of the molecule is O=C(O)[C@@H](Cc1ccc(O)c(O)c1)NC(F)F. The number of carbonyl (C=O) groups is 1. The van der Waals surface area contributed by atoms with E-state index in [0.717, 1.165) is 12.1 Å². The lowest BCUT2D eigenvalue weighted by molar-refractivity contribution is -0.140. The van der Waals surface area contributed by atoms with Crippen LogP contribution >= 0.6 is 0 Å². The Morgan fingerprint density at radius 1 is 1.29 bits per heavy atom. The Labute approximate surface area is 95.3 Å². The average molecular weight is 247 g/mol. The van der Waals surface area contributed by atoms with Gasteiger partial charge in [0.05, 0.1) is 0 Å². The molecule has 0 saturated carbocycles. The van der Waals surface area contributed by atoms with Crippen molar-refractivity contribution in [3.63, 3.8) is 0 Å². The van der Waals surface area contributed by atoms with Crippen molar-refractivity contribution < 1.29 is 28.9 Å². The van der Waals surface area contributed by atoms with Crippen LogP contribution in [-0.4, -0.2) is 33.9 Å². The average Bonchev–Trinajstić information content (AvgIpc) is 2.21. The van der Waals surface area contributed by atoms with Gasteiger partial charge in [0.15, 0.2) is 11.5 Å². The maximum atomic E-state index is 12.0. The number of benzene rings is 1. The molecule has 17 heavy (non-hydrogen) atoms. The maximum absolute atomic E-state index is 12.0. The predicted octanol–water partition coefficient (Wildman–Crippen LogP) is 0.906. The summed E-state index contributed by atoms with van der Waals surface area (Å²) in [5.74, 6) is -2.20. The first-order valence-corrected chi connectivity index (χ1v) is 4.68. The Bertz CT molecular complexity index is 411. The van der Waals surface area contributed by atoms with Gasteiger partial charge in [0.1, 0.15) is 6.04 Å². The van der Waals surface area contributed by atoms with Crippen LogP contribution in [0, 0.1) is 0 Å². The molecule has 1 atom stereocenters. The molecule has 0 fully saturated rings. The Kier molecular flexibility index (Phi) is 4.22. The summed E-state index contributed by atoms with van der Waals surface area (Å²) in [5, 5.41) is 28.5. The molecule has 0 bridgehead atoms. The van der Waals surface area contributed by atoms with Crippen molar-refractivity contribution >= 4 is 5.97 Å². The molecule has 0 radical (unpaired) electrons. The van der Waals surface area contributed by atoms with Crippen molar-refractivity contribution in [3.8, 4) is 11.5 Å². The van der Waals surface area contributed by atoms with Crippen LogP contribution in [0.3, 0.4) is 0 Å². The van der Waals surface area contributed by atoms with Crippen molar-refractivity contribution in [2.24, 2.45) is 0 Å². The molecule has 0 aliphatic rings. The van der Waals surface area contributed by atoms with E-state index in [9.17, 15) is 13.6 Å².